The average molecular weight is 1670 g/mol. The Balaban J connectivity index is -0.000000108. The molecule has 13 amide bonds. The molecule has 0 aliphatic rings. The molecule has 636 valence electrons. The van der Waals surface area contributed by atoms with E-state index >= 15 is 0 Å². The van der Waals surface area contributed by atoms with Crippen LogP contribution in [0.15, 0.2) is 0 Å². The van der Waals surface area contributed by atoms with Crippen LogP contribution in [-0.4, -0.2) is 168 Å². The molecular formula is C68H146N16O16S7. The zero-order valence-corrected chi connectivity index (χ0v) is 73.8. The van der Waals surface area contributed by atoms with Gasteiger partial charge in [0.05, 0.1) is 24.2 Å². The van der Waals surface area contributed by atoms with E-state index in [9.17, 15) is 71.9 Å². The van der Waals surface area contributed by atoms with Crippen LogP contribution in [0.3, 0.4) is 0 Å². The quantitative estimate of drug-likeness (QED) is 0.0382. The molecule has 0 aliphatic carbocycles. The number of carbonyl (C=O) groups excluding carboxylic acids is 14. The van der Waals surface area contributed by atoms with Crippen LogP contribution in [0.2, 0.25) is 0 Å². The molecule has 0 saturated carbocycles. The minimum atomic E-state index is -0.982. The molecule has 0 rings (SSSR count). The zero-order chi connectivity index (χ0) is 78.7. The van der Waals surface area contributed by atoms with Crippen LogP contribution in [0.4, 0.5) is 0 Å². The molecule has 39 heteroatoms. The maximum absolute atomic E-state index is 12.8. The van der Waals surface area contributed by atoms with E-state index in [0.717, 1.165) is 32.1 Å². The number of carbonyl (C=O) groups is 15. The maximum Gasteiger partial charge on any atom is 0.326 e. The molecule has 32 nitrogen and oxygen atoms in total. The molecule has 0 heterocycles. The number of aliphatic carboxylic acids is 1. The summed E-state index contributed by atoms with van der Waals surface area (Å²) < 4.78 is 0. The van der Waals surface area contributed by atoms with Crippen LogP contribution < -0.4 is 88.0 Å². The van der Waals surface area contributed by atoms with E-state index in [-0.39, 0.29) is 184 Å². The van der Waals surface area contributed by atoms with Crippen molar-refractivity contribution in [2.75, 3.05) is 26.2 Å². The lowest BCUT2D eigenvalue weighted by atomic mass is 9.93. The van der Waals surface area contributed by atoms with Gasteiger partial charge in [-0.2, -0.15) is 94.5 Å². The van der Waals surface area contributed by atoms with Crippen molar-refractivity contribution in [2.45, 2.75) is 269 Å². The lowest BCUT2D eigenvalue weighted by Gasteiger charge is -2.23. The van der Waals surface area contributed by atoms with Crippen LogP contribution in [0.1, 0.15) is 221 Å². The van der Waals surface area contributed by atoms with Gasteiger partial charge < -0.3 is 93.1 Å². The number of rotatable bonds is 45. The van der Waals surface area contributed by atoms with Gasteiger partial charge in [0.2, 0.25) is 76.8 Å². The van der Waals surface area contributed by atoms with Crippen molar-refractivity contribution in [3.63, 3.8) is 0 Å². The summed E-state index contributed by atoms with van der Waals surface area (Å²) in [6, 6.07) is -5.69. The van der Waals surface area contributed by atoms with E-state index in [1.54, 1.807) is 55.4 Å². The maximum atomic E-state index is 12.8. The Morgan fingerprint density at radius 1 is 0.336 bits per heavy atom. The molecule has 24 N–H and O–H groups in total. The number of nitrogens with one attached hydrogen (secondary N) is 9. The number of amides is 13. The zero-order valence-electron chi connectivity index (χ0n) is 66.8. The van der Waals surface area contributed by atoms with Crippen molar-refractivity contribution in [3.8, 4) is 0 Å². The highest BCUT2D eigenvalue weighted by atomic mass is 32.1. The van der Waals surface area contributed by atoms with Crippen LogP contribution >= 0.6 is 94.5 Å². The third kappa shape index (κ3) is 71.9. The number of nitrogens with two attached hydrogens (primary N) is 7. The Kier molecular flexibility index (Phi) is 89.4. The Morgan fingerprint density at radius 3 is 0.860 bits per heavy atom. The van der Waals surface area contributed by atoms with E-state index in [0.29, 0.717) is 84.0 Å². The van der Waals surface area contributed by atoms with Gasteiger partial charge in [-0.05, 0) is 109 Å². The Labute approximate surface area is 686 Å². The summed E-state index contributed by atoms with van der Waals surface area (Å²) in [5.74, 6) is -6.12. The normalized spacial score (nSPS) is 12.6. The van der Waals surface area contributed by atoms with Crippen LogP contribution in [0, 0.1) is 47.3 Å². The molecule has 107 heavy (non-hydrogen) atoms. The molecule has 0 saturated heterocycles. The number of hydrogen-bond donors (Lipinski definition) is 17. The van der Waals surface area contributed by atoms with Gasteiger partial charge in [-0.3, -0.25) is 67.1 Å². The van der Waals surface area contributed by atoms with Gasteiger partial charge in [0.25, 0.3) is 0 Å². The van der Waals surface area contributed by atoms with E-state index in [1.807, 2.05) is 55.4 Å². The molecule has 0 aliphatic heterocycles. The number of ketones is 1. The molecule has 0 aromatic heterocycles. The predicted octanol–water partition coefficient (Wildman–Crippen LogP) is 1.33. The van der Waals surface area contributed by atoms with Crippen LogP contribution in [-0.2, 0) is 71.9 Å². The fraction of sp³-hybridized carbons (Fsp3) is 0.779. The third-order valence-corrected chi connectivity index (χ3v) is 14.6. The predicted molar refractivity (Wildman–Crippen MR) is 457 cm³/mol. The van der Waals surface area contributed by atoms with Crippen molar-refractivity contribution in [1.29, 1.82) is 0 Å². The van der Waals surface area contributed by atoms with E-state index < -0.39 is 102 Å². The number of Topliss-reactive ketones (excluding diaryl/α,β-unsaturated/α-hetero) is 1. The molecule has 0 bridgehead atoms. The molecule has 0 unspecified atom stereocenters. The summed E-state index contributed by atoms with van der Waals surface area (Å²) in [6.45, 7) is 34.1. The Bertz CT molecular complexity index is 2530. The first-order chi connectivity index (χ1) is 46.2. The largest absolute Gasteiger partial charge is 0.480 e. The fourth-order valence-corrected chi connectivity index (χ4v) is 7.90. The number of carboxylic acids is 1. The summed E-state index contributed by atoms with van der Waals surface area (Å²) in [6.07, 6.45) is 8.22. The van der Waals surface area contributed by atoms with E-state index in [2.05, 4.69) is 47.9 Å². The first-order valence-electron chi connectivity index (χ1n) is 35.0. The molecule has 0 spiro atoms. The van der Waals surface area contributed by atoms with Crippen molar-refractivity contribution in [2.24, 2.45) is 87.5 Å². The first kappa shape index (κ1) is 128. The molecule has 0 aromatic rings. The minimum absolute atomic E-state index is 0. The van der Waals surface area contributed by atoms with E-state index in [1.165, 1.54) is 13.8 Å². The number of primary amides is 4. The van der Waals surface area contributed by atoms with Gasteiger partial charge in [0.15, 0.2) is 5.78 Å². The summed E-state index contributed by atoms with van der Waals surface area (Å²) in [5, 5.41) is 32.8. The van der Waals surface area contributed by atoms with E-state index in [4.69, 9.17) is 45.2 Å². The van der Waals surface area contributed by atoms with Crippen molar-refractivity contribution in [3.05, 3.63) is 0 Å². The molecule has 9 atom stereocenters. The monoisotopic (exact) mass is 1670 g/mol. The third-order valence-electron chi connectivity index (χ3n) is 14.6. The molecule has 0 aromatic carbocycles. The number of carboxylic acid groups (broad SMARTS) is 1. The summed E-state index contributed by atoms with van der Waals surface area (Å²) in [5.41, 5.74) is 37.3. The van der Waals surface area contributed by atoms with Gasteiger partial charge in [-0.25, -0.2) is 4.79 Å². The SMILES string of the molecule is CC(C)C(=O)NCCCC[C@H](N)C(N)=O.CC(C)C(=O)NCCCC[C@H](NC(=O)[C@H](C)N)C(N)=O.CC(C)C(=O)N[C@H](C(=O)O)C(C)C.CC(C)C[C@H](NC(=O)[C@H](C)N)C(=O)C[C@@H](C)C(=O)N[C@@H](CCCCNC(=O)C(C)C)C(N)=O.CCC(=O)N[C@@H](CCCCNC(=O)C(C)C)C(N)=O.S.S.S.S.S.S.S. The summed E-state index contributed by atoms with van der Waals surface area (Å²) in [4.78, 5) is 172. The minimum Gasteiger partial charge on any atom is -0.480 e. The van der Waals surface area contributed by atoms with Crippen molar-refractivity contribution >= 4 is 183 Å². The topological polar surface area (TPSA) is 567 Å². The average Bonchev–Trinajstić information content (AvgIpc) is 0.884. The fourth-order valence-electron chi connectivity index (χ4n) is 7.90. The van der Waals surface area contributed by atoms with Gasteiger partial charge >= 0.3 is 5.97 Å². The number of hydrogen-bond acceptors (Lipinski definition) is 18. The van der Waals surface area contributed by atoms with Crippen LogP contribution in [0.5, 0.6) is 0 Å². The molecule has 0 radical (unpaired) electrons. The number of unbranched alkanes of at least 4 members (excludes halogenated alkanes) is 4. The summed E-state index contributed by atoms with van der Waals surface area (Å²) >= 11 is 0. The van der Waals surface area contributed by atoms with Gasteiger partial charge in [0.1, 0.15) is 24.2 Å². The van der Waals surface area contributed by atoms with Gasteiger partial charge in [0, 0.05) is 74.5 Å². The van der Waals surface area contributed by atoms with Crippen molar-refractivity contribution < 1.29 is 77.0 Å². The second kappa shape index (κ2) is 74.7. The highest BCUT2D eigenvalue weighted by Crippen LogP contribution is 2.14. The van der Waals surface area contributed by atoms with Crippen molar-refractivity contribution in [1.82, 2.24) is 47.9 Å². The lowest BCUT2D eigenvalue weighted by molar-refractivity contribution is -0.143. The smallest absolute Gasteiger partial charge is 0.326 e. The first-order valence-corrected chi connectivity index (χ1v) is 35.0. The highest BCUT2D eigenvalue weighted by molar-refractivity contribution is 7.60. The van der Waals surface area contributed by atoms with Gasteiger partial charge in [-0.1, -0.05) is 111 Å². The second-order valence-electron chi connectivity index (χ2n) is 27.1. The Morgan fingerprint density at radius 2 is 0.617 bits per heavy atom. The molecular weight excluding hydrogens is 1520 g/mol. The van der Waals surface area contributed by atoms with Crippen LogP contribution in [0.25, 0.3) is 0 Å². The summed E-state index contributed by atoms with van der Waals surface area (Å²) in [7, 11) is 0. The highest BCUT2D eigenvalue weighted by Gasteiger charge is 2.29. The Hall–Kier alpha value is -5.42. The standard InChI is InChI=1S/C23H43N5O5.C13H26N4O3.C13H25N3O3.C10H21N3O2.C9H17NO3.7H2S/c1-13(2)11-18(28-23(33)16(6)24)19(29)12-15(5)22(32)27-17(20(25)30)9-7-8-10-26-21(31)14(3)4;1-8(2)12(19)16-7-5-4-6-10(11(15)18)17-13(20)9(3)14;1-4-11(17)16-10(12(14)18)7-5-6-8-15-13(19)9(2)3;1-7(2)10(15)13-6-4-3-5-8(11)9(12)14;1-5(2)7(9(12)13)10-8(11)6(3)4;;;;;;;/h13-18H,7-12,24H2,1-6H3,(H2,25,30)(H,26,31)(H,27,32)(H,28,33);8-10H,4-7,14H2,1-3H3,(H2,15,18)(H,16,19)(H,17,20);9-10H,4-8H2,1-3H3,(H2,14,18)(H,15,19)(H,16,17);7-8H,3-6,11H2,1-2H3,(H2,12,14)(H,13,15);5-7H,1-4H3,(H,10,11)(H,12,13);7*1H2/t15-,16+,17+,18+;9-,10-;10-;8-;7-;;;;;;;/m10000......./s1. The lowest BCUT2D eigenvalue weighted by Crippen LogP contribution is -2.49. The second-order valence-corrected chi connectivity index (χ2v) is 27.1. The molecule has 0 fully saturated rings. The van der Waals surface area contributed by atoms with Gasteiger partial charge in [-0.15, -0.1) is 0 Å².